The van der Waals surface area contributed by atoms with Crippen molar-refractivity contribution in [3.8, 4) is 0 Å². The van der Waals surface area contributed by atoms with Gasteiger partial charge in [-0.1, -0.05) is 23.2 Å². The van der Waals surface area contributed by atoms with Crippen LogP contribution in [0, 0.1) is 17.7 Å². The zero-order chi connectivity index (χ0) is 13.4. The van der Waals surface area contributed by atoms with Crippen LogP contribution in [-0.2, 0) is 9.59 Å². The molecule has 1 aliphatic rings. The first-order chi connectivity index (χ1) is 8.40. The zero-order valence-electron chi connectivity index (χ0n) is 8.91. The number of halogens is 3. The SMILES string of the molecule is O=C(O)[C@H]1C[C@H]1C(=O)Nc1c(Cl)cc(F)cc1Cl. The van der Waals surface area contributed by atoms with Gasteiger partial charge in [0, 0.05) is 0 Å². The summed E-state index contributed by atoms with van der Waals surface area (Å²) < 4.78 is 12.9. The van der Waals surface area contributed by atoms with E-state index in [1.807, 2.05) is 0 Å². The molecule has 1 aliphatic carbocycles. The number of amides is 1. The molecule has 2 N–H and O–H groups in total. The summed E-state index contributed by atoms with van der Waals surface area (Å²) in [6.45, 7) is 0. The molecule has 1 aromatic rings. The fourth-order valence-electron chi connectivity index (χ4n) is 1.64. The van der Waals surface area contributed by atoms with Crippen molar-refractivity contribution in [3.05, 3.63) is 28.0 Å². The molecular weight excluding hydrogens is 284 g/mol. The zero-order valence-corrected chi connectivity index (χ0v) is 10.4. The van der Waals surface area contributed by atoms with E-state index in [1.165, 1.54) is 0 Å². The van der Waals surface area contributed by atoms with Crippen molar-refractivity contribution < 1.29 is 19.1 Å². The largest absolute Gasteiger partial charge is 0.481 e. The number of hydrogen-bond donors (Lipinski definition) is 2. The van der Waals surface area contributed by atoms with Crippen LogP contribution in [0.25, 0.3) is 0 Å². The normalized spacial score (nSPS) is 21.5. The number of nitrogens with one attached hydrogen (secondary N) is 1. The number of benzene rings is 1. The lowest BCUT2D eigenvalue weighted by Gasteiger charge is -2.09. The Bertz CT molecular complexity index is 512. The molecule has 0 unspecified atom stereocenters. The van der Waals surface area contributed by atoms with Crippen LogP contribution < -0.4 is 5.32 Å². The van der Waals surface area contributed by atoms with Crippen LogP contribution in [0.4, 0.5) is 10.1 Å². The molecule has 1 amide bonds. The molecule has 1 saturated carbocycles. The van der Waals surface area contributed by atoms with Gasteiger partial charge >= 0.3 is 5.97 Å². The number of carboxylic acids is 1. The van der Waals surface area contributed by atoms with Crippen LogP contribution in [-0.4, -0.2) is 17.0 Å². The second kappa shape index (κ2) is 4.74. The minimum atomic E-state index is -1.01. The van der Waals surface area contributed by atoms with E-state index in [0.29, 0.717) is 0 Å². The molecule has 0 saturated heterocycles. The van der Waals surface area contributed by atoms with E-state index in [2.05, 4.69) is 5.32 Å². The van der Waals surface area contributed by atoms with Gasteiger partial charge in [-0.3, -0.25) is 9.59 Å². The van der Waals surface area contributed by atoms with E-state index in [1.54, 1.807) is 0 Å². The molecule has 0 radical (unpaired) electrons. The predicted octanol–water partition coefficient (Wildman–Crippen LogP) is 2.79. The van der Waals surface area contributed by atoms with E-state index in [4.69, 9.17) is 28.3 Å². The average Bonchev–Trinajstić information content (AvgIpc) is 3.02. The lowest BCUT2D eigenvalue weighted by Crippen LogP contribution is -2.17. The fourth-order valence-corrected chi connectivity index (χ4v) is 2.19. The number of hydrogen-bond acceptors (Lipinski definition) is 2. The van der Waals surface area contributed by atoms with Gasteiger partial charge in [-0.05, 0) is 18.6 Å². The maximum absolute atomic E-state index is 12.9. The number of carbonyl (C=O) groups is 2. The molecule has 2 rings (SSSR count). The highest BCUT2D eigenvalue weighted by molar-refractivity contribution is 6.39. The molecule has 0 heterocycles. The summed E-state index contributed by atoms with van der Waals surface area (Å²) in [6.07, 6.45) is 0.289. The second-order valence-corrected chi connectivity index (χ2v) is 4.84. The van der Waals surface area contributed by atoms with Crippen LogP contribution in [0.5, 0.6) is 0 Å². The highest BCUT2D eigenvalue weighted by Crippen LogP contribution is 2.40. The van der Waals surface area contributed by atoms with Gasteiger partial charge in [0.1, 0.15) is 5.82 Å². The Morgan fingerprint density at radius 3 is 2.28 bits per heavy atom. The van der Waals surface area contributed by atoms with E-state index in [9.17, 15) is 14.0 Å². The smallest absolute Gasteiger partial charge is 0.307 e. The quantitative estimate of drug-likeness (QED) is 0.900. The molecule has 18 heavy (non-hydrogen) atoms. The van der Waals surface area contributed by atoms with E-state index in [-0.39, 0.29) is 22.2 Å². The lowest BCUT2D eigenvalue weighted by molar-refractivity contribution is -0.139. The van der Waals surface area contributed by atoms with Crippen molar-refractivity contribution >= 4 is 40.8 Å². The van der Waals surface area contributed by atoms with Gasteiger partial charge in [0.15, 0.2) is 0 Å². The molecule has 1 fully saturated rings. The summed E-state index contributed by atoms with van der Waals surface area (Å²) in [4.78, 5) is 22.3. The third-order valence-corrected chi connectivity index (χ3v) is 3.30. The third kappa shape index (κ3) is 2.57. The highest BCUT2D eigenvalue weighted by Gasteiger charge is 2.48. The Morgan fingerprint density at radius 1 is 1.28 bits per heavy atom. The van der Waals surface area contributed by atoms with Crippen molar-refractivity contribution in [3.63, 3.8) is 0 Å². The molecule has 1 aromatic carbocycles. The number of carboxylic acid groups (broad SMARTS) is 1. The van der Waals surface area contributed by atoms with Gasteiger partial charge in [-0.25, -0.2) is 4.39 Å². The Labute approximate surface area is 112 Å². The summed E-state index contributed by atoms with van der Waals surface area (Å²) in [7, 11) is 0. The molecule has 0 aromatic heterocycles. The maximum atomic E-state index is 12.9. The topological polar surface area (TPSA) is 66.4 Å². The number of rotatable bonds is 3. The van der Waals surface area contributed by atoms with Gasteiger partial charge in [-0.15, -0.1) is 0 Å². The lowest BCUT2D eigenvalue weighted by atomic mass is 10.2. The van der Waals surface area contributed by atoms with Crippen LogP contribution in [0.15, 0.2) is 12.1 Å². The summed E-state index contributed by atoms with van der Waals surface area (Å²) >= 11 is 11.5. The summed E-state index contributed by atoms with van der Waals surface area (Å²) in [5.74, 6) is -3.34. The van der Waals surface area contributed by atoms with Gasteiger partial charge in [-0.2, -0.15) is 0 Å². The van der Waals surface area contributed by atoms with Crippen LogP contribution in [0.3, 0.4) is 0 Å². The minimum absolute atomic E-state index is 0.0270. The molecule has 0 aliphatic heterocycles. The maximum Gasteiger partial charge on any atom is 0.307 e. The molecule has 0 bridgehead atoms. The summed E-state index contributed by atoms with van der Waals surface area (Å²) in [5.41, 5.74) is 0.0979. The molecule has 0 spiro atoms. The number of anilines is 1. The van der Waals surface area contributed by atoms with E-state index < -0.39 is 29.5 Å². The Kier molecular flexibility index (Phi) is 3.45. The van der Waals surface area contributed by atoms with Crippen LogP contribution in [0.2, 0.25) is 10.0 Å². The number of aliphatic carboxylic acids is 1. The Hall–Kier alpha value is -1.33. The minimum Gasteiger partial charge on any atom is -0.481 e. The van der Waals surface area contributed by atoms with Crippen molar-refractivity contribution in [1.29, 1.82) is 0 Å². The van der Waals surface area contributed by atoms with Crippen molar-refractivity contribution in [2.75, 3.05) is 5.32 Å². The van der Waals surface area contributed by atoms with E-state index in [0.717, 1.165) is 12.1 Å². The molecule has 96 valence electrons. The monoisotopic (exact) mass is 291 g/mol. The van der Waals surface area contributed by atoms with Gasteiger partial charge < -0.3 is 10.4 Å². The highest BCUT2D eigenvalue weighted by atomic mass is 35.5. The predicted molar refractivity (Wildman–Crippen MR) is 64.3 cm³/mol. The van der Waals surface area contributed by atoms with Crippen molar-refractivity contribution in [2.45, 2.75) is 6.42 Å². The third-order valence-electron chi connectivity index (χ3n) is 2.70. The first kappa shape index (κ1) is 13.1. The average molecular weight is 292 g/mol. The van der Waals surface area contributed by atoms with Crippen LogP contribution >= 0.6 is 23.2 Å². The first-order valence-corrected chi connectivity index (χ1v) is 5.84. The molecule has 4 nitrogen and oxygen atoms in total. The van der Waals surface area contributed by atoms with Crippen LogP contribution in [0.1, 0.15) is 6.42 Å². The van der Waals surface area contributed by atoms with Crippen molar-refractivity contribution in [2.24, 2.45) is 11.8 Å². The van der Waals surface area contributed by atoms with Gasteiger partial charge in [0.05, 0.1) is 27.6 Å². The summed E-state index contributed by atoms with van der Waals surface area (Å²) in [5, 5.41) is 11.1. The van der Waals surface area contributed by atoms with Gasteiger partial charge in [0.2, 0.25) is 5.91 Å². The second-order valence-electron chi connectivity index (χ2n) is 4.02. The summed E-state index contributed by atoms with van der Waals surface area (Å²) in [6, 6.07) is 2.04. The first-order valence-electron chi connectivity index (χ1n) is 5.08. The molecular formula is C11H8Cl2FNO3. The molecule has 2 atom stereocenters. The molecule has 7 heteroatoms. The van der Waals surface area contributed by atoms with Gasteiger partial charge in [0.25, 0.3) is 0 Å². The van der Waals surface area contributed by atoms with E-state index >= 15 is 0 Å². The Balaban J connectivity index is 2.11. The Morgan fingerprint density at radius 2 is 1.83 bits per heavy atom. The number of carbonyl (C=O) groups excluding carboxylic acids is 1. The standard InChI is InChI=1S/C11H8Cl2FNO3/c12-7-1-4(14)2-8(13)9(7)15-10(16)5-3-6(5)11(17)18/h1-2,5-6H,3H2,(H,15,16)(H,17,18)/t5-,6+/m1/s1. The fraction of sp³-hybridized carbons (Fsp3) is 0.273. The van der Waals surface area contributed by atoms with Crippen molar-refractivity contribution in [1.82, 2.24) is 0 Å².